The molecule has 0 atom stereocenters. The SMILES string of the molecule is CC.Cc1ccnc(-c2ccc3c(c2)N(C)CC3)c1. The van der Waals surface area contributed by atoms with Crippen LogP contribution in [0.15, 0.2) is 36.5 Å². The third kappa shape index (κ3) is 2.78. The molecule has 1 aliphatic rings. The molecule has 0 saturated heterocycles. The molecular weight excluding hydrogens is 232 g/mol. The van der Waals surface area contributed by atoms with Gasteiger partial charge < -0.3 is 4.90 Å². The standard InChI is InChI=1S/C15H16N2.C2H6/c1-11-5-7-16-14(9-11)13-4-3-12-6-8-17(2)15(12)10-13;1-2/h3-5,7,9-10H,6,8H2,1-2H3;1-2H3. The number of anilines is 1. The van der Waals surface area contributed by atoms with E-state index in [9.17, 15) is 0 Å². The van der Waals surface area contributed by atoms with Crippen LogP contribution in [-0.2, 0) is 6.42 Å². The first-order chi connectivity index (χ1) is 9.24. The van der Waals surface area contributed by atoms with E-state index in [2.05, 4.69) is 48.1 Å². The fourth-order valence-corrected chi connectivity index (χ4v) is 2.39. The zero-order chi connectivity index (χ0) is 13.8. The minimum Gasteiger partial charge on any atom is -0.374 e. The quantitative estimate of drug-likeness (QED) is 0.762. The first-order valence-electron chi connectivity index (χ1n) is 7.01. The fraction of sp³-hybridized carbons (Fsp3) is 0.353. The smallest absolute Gasteiger partial charge is 0.0705 e. The van der Waals surface area contributed by atoms with Crippen molar-refractivity contribution < 1.29 is 0 Å². The largest absolute Gasteiger partial charge is 0.374 e. The van der Waals surface area contributed by atoms with Gasteiger partial charge in [-0.2, -0.15) is 0 Å². The summed E-state index contributed by atoms with van der Waals surface area (Å²) < 4.78 is 0. The van der Waals surface area contributed by atoms with Crippen LogP contribution in [0.25, 0.3) is 11.3 Å². The van der Waals surface area contributed by atoms with Gasteiger partial charge in [0.15, 0.2) is 0 Å². The highest BCUT2D eigenvalue weighted by Crippen LogP contribution is 2.31. The number of aryl methyl sites for hydroxylation is 1. The van der Waals surface area contributed by atoms with Crippen LogP contribution < -0.4 is 4.90 Å². The van der Waals surface area contributed by atoms with Crippen LogP contribution >= 0.6 is 0 Å². The summed E-state index contributed by atoms with van der Waals surface area (Å²) in [5.74, 6) is 0. The number of hydrogen-bond acceptors (Lipinski definition) is 2. The van der Waals surface area contributed by atoms with Crippen molar-refractivity contribution in [2.24, 2.45) is 0 Å². The maximum absolute atomic E-state index is 4.44. The number of nitrogens with zero attached hydrogens (tertiary/aromatic N) is 2. The molecular formula is C17H22N2. The Morgan fingerprint density at radius 3 is 2.63 bits per heavy atom. The molecule has 2 heteroatoms. The molecule has 3 rings (SSSR count). The average Bonchev–Trinajstić information content (AvgIpc) is 2.82. The highest BCUT2D eigenvalue weighted by molar-refractivity contribution is 5.70. The van der Waals surface area contributed by atoms with Gasteiger partial charge >= 0.3 is 0 Å². The molecule has 1 aromatic heterocycles. The number of fused-ring (bicyclic) bond motifs is 1. The van der Waals surface area contributed by atoms with Crippen LogP contribution in [0.5, 0.6) is 0 Å². The maximum Gasteiger partial charge on any atom is 0.0705 e. The van der Waals surface area contributed by atoms with E-state index >= 15 is 0 Å². The maximum atomic E-state index is 4.44. The van der Waals surface area contributed by atoms with Gasteiger partial charge in [0.1, 0.15) is 0 Å². The Morgan fingerprint density at radius 2 is 1.89 bits per heavy atom. The summed E-state index contributed by atoms with van der Waals surface area (Å²) >= 11 is 0. The molecule has 2 aromatic rings. The van der Waals surface area contributed by atoms with Crippen molar-refractivity contribution in [3.63, 3.8) is 0 Å². The molecule has 0 N–H and O–H groups in total. The molecule has 0 spiro atoms. The summed E-state index contributed by atoms with van der Waals surface area (Å²) in [7, 11) is 2.15. The molecule has 0 fully saturated rings. The third-order valence-electron chi connectivity index (χ3n) is 3.42. The normalized spacial score (nSPS) is 12.7. The zero-order valence-corrected chi connectivity index (χ0v) is 12.3. The Labute approximate surface area is 116 Å². The Kier molecular flexibility index (Phi) is 4.20. The average molecular weight is 254 g/mol. The second-order valence-electron chi connectivity index (χ2n) is 4.73. The zero-order valence-electron chi connectivity index (χ0n) is 12.3. The third-order valence-corrected chi connectivity index (χ3v) is 3.42. The van der Waals surface area contributed by atoms with E-state index in [0.29, 0.717) is 0 Å². The van der Waals surface area contributed by atoms with E-state index in [-0.39, 0.29) is 0 Å². The second kappa shape index (κ2) is 5.87. The summed E-state index contributed by atoms with van der Waals surface area (Å²) in [5, 5.41) is 0. The van der Waals surface area contributed by atoms with Crippen LogP contribution in [0.3, 0.4) is 0 Å². The lowest BCUT2D eigenvalue weighted by Gasteiger charge is -2.13. The van der Waals surface area contributed by atoms with Gasteiger partial charge in [-0.3, -0.25) is 4.98 Å². The van der Waals surface area contributed by atoms with Gasteiger partial charge in [-0.25, -0.2) is 0 Å². The van der Waals surface area contributed by atoms with Gasteiger partial charge in [-0.15, -0.1) is 0 Å². The van der Waals surface area contributed by atoms with E-state index in [0.717, 1.165) is 18.7 Å². The lowest BCUT2D eigenvalue weighted by Crippen LogP contribution is -2.12. The van der Waals surface area contributed by atoms with Crippen LogP contribution in [0.2, 0.25) is 0 Å². The fourth-order valence-electron chi connectivity index (χ4n) is 2.39. The highest BCUT2D eigenvalue weighted by Gasteiger charge is 2.16. The minimum absolute atomic E-state index is 1.06. The molecule has 1 aromatic carbocycles. The molecule has 2 heterocycles. The Balaban J connectivity index is 0.000000637. The number of benzene rings is 1. The Morgan fingerprint density at radius 1 is 1.11 bits per heavy atom. The van der Waals surface area contributed by atoms with E-state index in [1.54, 1.807) is 0 Å². The predicted molar refractivity (Wildman–Crippen MR) is 82.7 cm³/mol. The lowest BCUT2D eigenvalue weighted by atomic mass is 10.1. The summed E-state index contributed by atoms with van der Waals surface area (Å²) in [6, 6.07) is 10.8. The summed E-state index contributed by atoms with van der Waals surface area (Å²) in [6.07, 6.45) is 3.04. The Bertz CT molecular complexity index is 561. The van der Waals surface area contributed by atoms with Crippen molar-refractivity contribution >= 4 is 5.69 Å². The van der Waals surface area contributed by atoms with Gasteiger partial charge in [-0.1, -0.05) is 26.0 Å². The summed E-state index contributed by atoms with van der Waals surface area (Å²) in [4.78, 5) is 6.76. The molecule has 2 nitrogen and oxygen atoms in total. The van der Waals surface area contributed by atoms with Crippen molar-refractivity contribution in [1.82, 2.24) is 4.98 Å². The van der Waals surface area contributed by atoms with Gasteiger partial charge in [0.05, 0.1) is 5.69 Å². The molecule has 0 saturated carbocycles. The van der Waals surface area contributed by atoms with E-state index in [1.807, 2.05) is 26.1 Å². The van der Waals surface area contributed by atoms with Gasteiger partial charge in [0.2, 0.25) is 0 Å². The van der Waals surface area contributed by atoms with Crippen molar-refractivity contribution in [2.75, 3.05) is 18.5 Å². The van der Waals surface area contributed by atoms with Crippen LogP contribution in [-0.4, -0.2) is 18.6 Å². The molecule has 0 aliphatic carbocycles. The van der Waals surface area contributed by atoms with Crippen molar-refractivity contribution in [3.8, 4) is 11.3 Å². The topological polar surface area (TPSA) is 16.1 Å². The number of rotatable bonds is 1. The lowest BCUT2D eigenvalue weighted by molar-refractivity contribution is 0.956. The van der Waals surface area contributed by atoms with Crippen LogP contribution in [0.1, 0.15) is 25.0 Å². The second-order valence-corrected chi connectivity index (χ2v) is 4.73. The van der Waals surface area contributed by atoms with Gasteiger partial charge in [0.25, 0.3) is 0 Å². The molecule has 0 bridgehead atoms. The van der Waals surface area contributed by atoms with Crippen molar-refractivity contribution in [1.29, 1.82) is 0 Å². The van der Waals surface area contributed by atoms with Crippen molar-refractivity contribution in [3.05, 3.63) is 47.7 Å². The number of aromatic nitrogens is 1. The predicted octanol–water partition coefficient (Wildman–Crippen LogP) is 4.08. The molecule has 100 valence electrons. The van der Waals surface area contributed by atoms with Crippen molar-refractivity contribution in [2.45, 2.75) is 27.2 Å². The van der Waals surface area contributed by atoms with E-state index < -0.39 is 0 Å². The van der Waals surface area contributed by atoms with Gasteiger partial charge in [0, 0.05) is 31.0 Å². The first kappa shape index (κ1) is 13.6. The minimum atomic E-state index is 1.06. The Hall–Kier alpha value is -1.83. The van der Waals surface area contributed by atoms with E-state index in [1.165, 1.54) is 22.4 Å². The summed E-state index contributed by atoms with van der Waals surface area (Å²) in [5.41, 5.74) is 6.33. The molecule has 0 amide bonds. The number of pyridine rings is 1. The van der Waals surface area contributed by atoms with E-state index in [4.69, 9.17) is 0 Å². The molecule has 0 unspecified atom stereocenters. The number of likely N-dealkylation sites (N-methyl/N-ethyl adjacent to an activating group) is 1. The van der Waals surface area contributed by atoms with Crippen LogP contribution in [0, 0.1) is 6.92 Å². The molecule has 1 aliphatic heterocycles. The first-order valence-corrected chi connectivity index (χ1v) is 7.01. The summed E-state index contributed by atoms with van der Waals surface area (Å²) in [6.45, 7) is 7.23. The molecule has 19 heavy (non-hydrogen) atoms. The number of hydrogen-bond donors (Lipinski definition) is 0. The van der Waals surface area contributed by atoms with Gasteiger partial charge in [-0.05, 0) is 42.7 Å². The monoisotopic (exact) mass is 254 g/mol. The molecule has 0 radical (unpaired) electrons. The highest BCUT2D eigenvalue weighted by atomic mass is 15.1. The van der Waals surface area contributed by atoms with Crippen LogP contribution in [0.4, 0.5) is 5.69 Å².